The van der Waals surface area contributed by atoms with Gasteiger partial charge in [0.1, 0.15) is 5.75 Å². The Morgan fingerprint density at radius 1 is 0.885 bits per heavy atom. The minimum absolute atomic E-state index is 0.116. The minimum atomic E-state index is -0.116. The number of hydrogen-bond donors (Lipinski definition) is 2. The first-order valence-corrected chi connectivity index (χ1v) is 8.09. The molecule has 7 heteroatoms. The van der Waals surface area contributed by atoms with Gasteiger partial charge >= 0.3 is 0 Å². The van der Waals surface area contributed by atoms with Crippen LogP contribution in [0.3, 0.4) is 0 Å². The zero-order chi connectivity index (χ0) is 18.9. The van der Waals surface area contributed by atoms with Crippen LogP contribution in [-0.2, 0) is 4.79 Å². The van der Waals surface area contributed by atoms with Gasteiger partial charge in [0.15, 0.2) is 11.5 Å². The fourth-order valence-electron chi connectivity index (χ4n) is 2.46. The molecule has 0 fully saturated rings. The Hall–Kier alpha value is -3.09. The number of para-hydroxylation sites is 2. The highest BCUT2D eigenvalue weighted by Gasteiger charge is 2.13. The van der Waals surface area contributed by atoms with Crippen LogP contribution in [0.2, 0.25) is 0 Å². The molecule has 0 radical (unpaired) electrons. The van der Waals surface area contributed by atoms with Crippen LogP contribution in [-0.4, -0.2) is 40.9 Å². The van der Waals surface area contributed by atoms with Crippen LogP contribution in [0.4, 0.5) is 11.4 Å². The zero-order valence-corrected chi connectivity index (χ0v) is 15.4. The maximum atomic E-state index is 12.1. The van der Waals surface area contributed by atoms with E-state index < -0.39 is 0 Å². The van der Waals surface area contributed by atoms with Crippen molar-refractivity contribution in [3.8, 4) is 23.0 Å². The predicted molar refractivity (Wildman–Crippen MR) is 101 cm³/mol. The van der Waals surface area contributed by atoms with Crippen molar-refractivity contribution in [1.29, 1.82) is 0 Å². The lowest BCUT2D eigenvalue weighted by atomic mass is 10.2. The van der Waals surface area contributed by atoms with E-state index in [1.165, 1.54) is 0 Å². The van der Waals surface area contributed by atoms with Gasteiger partial charge in [-0.25, -0.2) is 0 Å². The zero-order valence-electron chi connectivity index (χ0n) is 15.4. The molecule has 140 valence electrons. The summed E-state index contributed by atoms with van der Waals surface area (Å²) in [5.41, 5.74) is 1.41. The van der Waals surface area contributed by atoms with E-state index in [0.29, 0.717) is 35.2 Å². The van der Waals surface area contributed by atoms with Crippen LogP contribution >= 0.6 is 0 Å². The van der Waals surface area contributed by atoms with Crippen LogP contribution in [0, 0.1) is 0 Å². The van der Waals surface area contributed by atoms with Crippen LogP contribution in [0.1, 0.15) is 6.42 Å². The Balaban J connectivity index is 1.96. The number of anilines is 2. The van der Waals surface area contributed by atoms with Gasteiger partial charge in [0.2, 0.25) is 11.7 Å². The molecule has 2 N–H and O–H groups in total. The van der Waals surface area contributed by atoms with Crippen molar-refractivity contribution in [1.82, 2.24) is 0 Å². The lowest BCUT2D eigenvalue weighted by Crippen LogP contribution is -2.16. The number of ether oxygens (including phenoxy) is 4. The van der Waals surface area contributed by atoms with E-state index in [9.17, 15) is 4.79 Å². The molecular formula is C19H24N2O5. The van der Waals surface area contributed by atoms with Crippen molar-refractivity contribution in [2.75, 3.05) is 45.6 Å². The largest absolute Gasteiger partial charge is 0.495 e. The molecule has 0 bridgehead atoms. The number of methoxy groups -OCH3 is 4. The lowest BCUT2D eigenvalue weighted by molar-refractivity contribution is -0.116. The second-order valence-electron chi connectivity index (χ2n) is 5.34. The van der Waals surface area contributed by atoms with E-state index in [-0.39, 0.29) is 12.3 Å². The van der Waals surface area contributed by atoms with Crippen molar-refractivity contribution < 1.29 is 23.7 Å². The molecule has 0 aromatic heterocycles. The fourth-order valence-corrected chi connectivity index (χ4v) is 2.46. The van der Waals surface area contributed by atoms with Gasteiger partial charge in [-0.2, -0.15) is 0 Å². The van der Waals surface area contributed by atoms with Crippen molar-refractivity contribution in [3.05, 3.63) is 36.4 Å². The molecule has 0 saturated carbocycles. The van der Waals surface area contributed by atoms with E-state index in [4.69, 9.17) is 18.9 Å². The molecule has 0 spiro atoms. The molecule has 1 amide bonds. The van der Waals surface area contributed by atoms with Gasteiger partial charge in [0.05, 0.1) is 34.1 Å². The summed E-state index contributed by atoms with van der Waals surface area (Å²) in [6.07, 6.45) is 0.286. The fraction of sp³-hybridized carbons (Fsp3) is 0.316. The predicted octanol–water partition coefficient (Wildman–Crippen LogP) is 3.16. The summed E-state index contributed by atoms with van der Waals surface area (Å²) >= 11 is 0. The van der Waals surface area contributed by atoms with Crippen molar-refractivity contribution in [2.24, 2.45) is 0 Å². The standard InChI is InChI=1S/C19H24N2O5/c1-23-15-8-6-5-7-14(15)21-18(22)9-10-20-13-11-16(24-2)19(26-4)17(12-13)25-3/h5-8,11-12,20H,9-10H2,1-4H3,(H,21,22). The van der Waals surface area contributed by atoms with Gasteiger partial charge in [0.25, 0.3) is 0 Å². The average molecular weight is 360 g/mol. The molecule has 0 saturated heterocycles. The molecule has 7 nitrogen and oxygen atoms in total. The SMILES string of the molecule is COc1ccccc1NC(=O)CCNc1cc(OC)c(OC)c(OC)c1. The topological polar surface area (TPSA) is 78.1 Å². The molecule has 0 aliphatic carbocycles. The summed E-state index contributed by atoms with van der Waals surface area (Å²) in [5, 5.41) is 6.02. The van der Waals surface area contributed by atoms with Crippen molar-refractivity contribution in [2.45, 2.75) is 6.42 Å². The van der Waals surface area contributed by atoms with E-state index in [0.717, 1.165) is 5.69 Å². The van der Waals surface area contributed by atoms with E-state index in [2.05, 4.69) is 10.6 Å². The summed E-state index contributed by atoms with van der Waals surface area (Å²) in [6, 6.07) is 10.9. The van der Waals surface area contributed by atoms with E-state index >= 15 is 0 Å². The van der Waals surface area contributed by atoms with Crippen LogP contribution < -0.4 is 29.6 Å². The third kappa shape index (κ3) is 4.72. The molecular weight excluding hydrogens is 336 g/mol. The molecule has 2 aromatic carbocycles. The number of nitrogens with one attached hydrogen (secondary N) is 2. The molecule has 0 aliphatic heterocycles. The summed E-state index contributed by atoms with van der Waals surface area (Å²) in [7, 11) is 6.23. The highest BCUT2D eigenvalue weighted by molar-refractivity contribution is 5.92. The number of carbonyl (C=O) groups is 1. The van der Waals surface area contributed by atoms with Crippen molar-refractivity contribution in [3.63, 3.8) is 0 Å². The number of benzene rings is 2. The second kappa shape index (κ2) is 9.41. The highest BCUT2D eigenvalue weighted by atomic mass is 16.5. The van der Waals surface area contributed by atoms with E-state index in [1.54, 1.807) is 52.7 Å². The Morgan fingerprint density at radius 3 is 2.08 bits per heavy atom. The van der Waals surface area contributed by atoms with Crippen LogP contribution in [0.5, 0.6) is 23.0 Å². The van der Waals surface area contributed by atoms with Gasteiger partial charge < -0.3 is 29.6 Å². The molecule has 26 heavy (non-hydrogen) atoms. The third-order valence-corrected chi connectivity index (χ3v) is 3.73. The molecule has 2 rings (SSSR count). The highest BCUT2D eigenvalue weighted by Crippen LogP contribution is 2.39. The van der Waals surface area contributed by atoms with Gasteiger partial charge in [0, 0.05) is 30.8 Å². The summed E-state index contributed by atoms with van der Waals surface area (Å²) in [4.78, 5) is 12.1. The van der Waals surface area contributed by atoms with Gasteiger partial charge in [-0.1, -0.05) is 12.1 Å². The second-order valence-corrected chi connectivity index (χ2v) is 5.34. The number of hydrogen-bond acceptors (Lipinski definition) is 6. The van der Waals surface area contributed by atoms with E-state index in [1.807, 2.05) is 12.1 Å². The Bertz CT molecular complexity index is 723. The number of carbonyl (C=O) groups excluding carboxylic acids is 1. The maximum absolute atomic E-state index is 12.1. The van der Waals surface area contributed by atoms with Crippen LogP contribution in [0.25, 0.3) is 0 Å². The Labute approximate surface area is 153 Å². The number of amides is 1. The van der Waals surface area contributed by atoms with Crippen LogP contribution in [0.15, 0.2) is 36.4 Å². The normalized spacial score (nSPS) is 10.0. The molecule has 0 atom stereocenters. The smallest absolute Gasteiger partial charge is 0.226 e. The van der Waals surface area contributed by atoms with Gasteiger partial charge in [-0.15, -0.1) is 0 Å². The van der Waals surface area contributed by atoms with Gasteiger partial charge in [-0.05, 0) is 12.1 Å². The summed E-state index contributed by atoms with van der Waals surface area (Å²) < 4.78 is 21.1. The lowest BCUT2D eigenvalue weighted by Gasteiger charge is -2.15. The Morgan fingerprint density at radius 2 is 1.50 bits per heavy atom. The quantitative estimate of drug-likeness (QED) is 0.715. The van der Waals surface area contributed by atoms with Gasteiger partial charge in [-0.3, -0.25) is 4.79 Å². The summed E-state index contributed by atoms with van der Waals surface area (Å²) in [6.45, 7) is 0.444. The summed E-state index contributed by atoms with van der Waals surface area (Å²) in [5.74, 6) is 2.13. The third-order valence-electron chi connectivity index (χ3n) is 3.73. The molecule has 0 heterocycles. The maximum Gasteiger partial charge on any atom is 0.226 e. The average Bonchev–Trinajstić information content (AvgIpc) is 2.67. The number of rotatable bonds is 9. The first-order valence-electron chi connectivity index (χ1n) is 8.09. The Kier molecular flexibility index (Phi) is 6.96. The first kappa shape index (κ1) is 19.2. The first-order chi connectivity index (χ1) is 12.6. The molecule has 0 aliphatic rings. The molecule has 0 unspecified atom stereocenters. The minimum Gasteiger partial charge on any atom is -0.495 e. The molecule has 2 aromatic rings. The van der Waals surface area contributed by atoms with Crippen molar-refractivity contribution >= 4 is 17.3 Å². The monoisotopic (exact) mass is 360 g/mol.